The van der Waals surface area contributed by atoms with E-state index in [4.69, 9.17) is 4.74 Å². The van der Waals surface area contributed by atoms with Gasteiger partial charge in [0.25, 0.3) is 5.91 Å². The number of hydrogen-bond acceptors (Lipinski definition) is 5. The Balaban J connectivity index is 1.76. The maximum absolute atomic E-state index is 11.7. The van der Waals surface area contributed by atoms with E-state index in [1.807, 2.05) is 31.2 Å². The molecule has 2 rings (SSSR count). The monoisotopic (exact) mass is 313 g/mol. The number of aromatic hydroxyl groups is 1. The third-order valence-corrected chi connectivity index (χ3v) is 2.89. The van der Waals surface area contributed by atoms with Gasteiger partial charge in [-0.25, -0.2) is 5.43 Å². The summed E-state index contributed by atoms with van der Waals surface area (Å²) in [5, 5.41) is 16.1. The summed E-state index contributed by atoms with van der Waals surface area (Å²) in [6, 6.07) is 13.9. The molecule has 0 heterocycles. The second-order valence-corrected chi connectivity index (χ2v) is 4.70. The molecular weight excluding hydrogens is 294 g/mol. The highest BCUT2D eigenvalue weighted by atomic mass is 16.5. The first-order chi connectivity index (χ1) is 11.2. The molecule has 6 nitrogen and oxygen atoms in total. The first-order valence-electron chi connectivity index (χ1n) is 7.25. The van der Waals surface area contributed by atoms with E-state index in [1.54, 1.807) is 24.3 Å². The van der Waals surface area contributed by atoms with Crippen molar-refractivity contribution in [3.8, 4) is 11.5 Å². The number of benzene rings is 2. The summed E-state index contributed by atoms with van der Waals surface area (Å²) in [4.78, 5) is 11.7. The topological polar surface area (TPSA) is 83.0 Å². The van der Waals surface area contributed by atoms with Gasteiger partial charge >= 0.3 is 0 Å². The Morgan fingerprint density at radius 3 is 2.74 bits per heavy atom. The van der Waals surface area contributed by atoms with Crippen molar-refractivity contribution < 1.29 is 14.6 Å². The van der Waals surface area contributed by atoms with E-state index in [0.29, 0.717) is 12.2 Å². The van der Waals surface area contributed by atoms with E-state index in [0.717, 1.165) is 11.4 Å². The number of anilines is 1. The van der Waals surface area contributed by atoms with Crippen LogP contribution in [0.25, 0.3) is 0 Å². The van der Waals surface area contributed by atoms with Crippen LogP contribution in [0.15, 0.2) is 53.6 Å². The number of carbonyl (C=O) groups is 1. The molecule has 3 N–H and O–H groups in total. The maximum atomic E-state index is 11.7. The van der Waals surface area contributed by atoms with Crippen molar-refractivity contribution in [2.24, 2.45) is 5.10 Å². The molecule has 0 spiro atoms. The van der Waals surface area contributed by atoms with Crippen LogP contribution in [0.3, 0.4) is 0 Å². The standard InChI is InChI=1S/C17H19N3O3/c1-2-23-16-8-6-14(7-9-16)18-12-17(22)20-19-11-13-4-3-5-15(21)10-13/h3-11,18,21H,2,12H2,1H3,(H,20,22)/b19-11-. The van der Waals surface area contributed by atoms with Crippen LogP contribution in [-0.4, -0.2) is 30.4 Å². The van der Waals surface area contributed by atoms with Crippen molar-refractivity contribution in [3.05, 3.63) is 54.1 Å². The lowest BCUT2D eigenvalue weighted by Gasteiger charge is -2.07. The number of hydrogen-bond donors (Lipinski definition) is 3. The van der Waals surface area contributed by atoms with Crippen LogP contribution in [0, 0.1) is 0 Å². The van der Waals surface area contributed by atoms with Crippen LogP contribution in [-0.2, 0) is 4.79 Å². The molecule has 0 aromatic heterocycles. The molecule has 6 heteroatoms. The second-order valence-electron chi connectivity index (χ2n) is 4.70. The van der Waals surface area contributed by atoms with E-state index in [9.17, 15) is 9.90 Å². The molecule has 0 aliphatic heterocycles. The fourth-order valence-corrected chi connectivity index (χ4v) is 1.84. The molecular formula is C17H19N3O3. The number of carbonyl (C=O) groups excluding carboxylic acids is 1. The molecule has 0 unspecified atom stereocenters. The Morgan fingerprint density at radius 2 is 2.04 bits per heavy atom. The van der Waals surface area contributed by atoms with Gasteiger partial charge in [-0.2, -0.15) is 5.10 Å². The summed E-state index contributed by atoms with van der Waals surface area (Å²) in [6.45, 7) is 2.64. The van der Waals surface area contributed by atoms with Gasteiger partial charge in [0.2, 0.25) is 0 Å². The number of nitrogens with zero attached hydrogens (tertiary/aromatic N) is 1. The average Bonchev–Trinajstić information content (AvgIpc) is 2.55. The Hall–Kier alpha value is -3.02. The molecule has 0 saturated heterocycles. The van der Waals surface area contributed by atoms with Gasteiger partial charge in [0.1, 0.15) is 11.5 Å². The van der Waals surface area contributed by atoms with Gasteiger partial charge in [-0.1, -0.05) is 12.1 Å². The predicted molar refractivity (Wildman–Crippen MR) is 89.9 cm³/mol. The summed E-state index contributed by atoms with van der Waals surface area (Å²) in [6.07, 6.45) is 1.47. The predicted octanol–water partition coefficient (Wildman–Crippen LogP) is 2.35. The van der Waals surface area contributed by atoms with Crippen molar-refractivity contribution in [3.63, 3.8) is 0 Å². The highest BCUT2D eigenvalue weighted by Crippen LogP contribution is 2.15. The normalized spacial score (nSPS) is 10.5. The molecule has 1 amide bonds. The summed E-state index contributed by atoms with van der Waals surface area (Å²) in [5.74, 6) is 0.672. The zero-order valence-corrected chi connectivity index (χ0v) is 12.8. The zero-order chi connectivity index (χ0) is 16.5. The summed E-state index contributed by atoms with van der Waals surface area (Å²) < 4.78 is 5.35. The first kappa shape index (κ1) is 16.4. The van der Waals surface area contributed by atoms with Crippen molar-refractivity contribution >= 4 is 17.8 Å². The lowest BCUT2D eigenvalue weighted by atomic mass is 10.2. The molecule has 0 bridgehead atoms. The van der Waals surface area contributed by atoms with Crippen molar-refractivity contribution in [2.45, 2.75) is 6.92 Å². The van der Waals surface area contributed by atoms with Crippen LogP contribution in [0.1, 0.15) is 12.5 Å². The molecule has 2 aromatic carbocycles. The minimum atomic E-state index is -0.268. The van der Waals surface area contributed by atoms with E-state index in [1.165, 1.54) is 6.21 Å². The molecule has 120 valence electrons. The first-order valence-corrected chi connectivity index (χ1v) is 7.25. The largest absolute Gasteiger partial charge is 0.508 e. The fourth-order valence-electron chi connectivity index (χ4n) is 1.84. The van der Waals surface area contributed by atoms with Crippen molar-refractivity contribution in [1.29, 1.82) is 0 Å². The number of rotatable bonds is 7. The highest BCUT2D eigenvalue weighted by molar-refractivity contribution is 5.84. The molecule has 0 radical (unpaired) electrons. The van der Waals surface area contributed by atoms with E-state index >= 15 is 0 Å². The Labute approximate surface area is 134 Å². The summed E-state index contributed by atoms with van der Waals surface area (Å²) in [7, 11) is 0. The number of phenols is 1. The van der Waals surface area contributed by atoms with E-state index in [2.05, 4.69) is 15.8 Å². The lowest BCUT2D eigenvalue weighted by molar-refractivity contribution is -0.119. The highest BCUT2D eigenvalue weighted by Gasteiger charge is 2.00. The van der Waals surface area contributed by atoms with Gasteiger partial charge in [-0.05, 0) is 48.9 Å². The van der Waals surface area contributed by atoms with E-state index in [-0.39, 0.29) is 18.2 Å². The fraction of sp³-hybridized carbons (Fsp3) is 0.176. The number of ether oxygens (including phenoxy) is 1. The quantitative estimate of drug-likeness (QED) is 0.541. The number of amides is 1. The average molecular weight is 313 g/mol. The zero-order valence-electron chi connectivity index (χ0n) is 12.8. The maximum Gasteiger partial charge on any atom is 0.259 e. The third-order valence-electron chi connectivity index (χ3n) is 2.89. The number of phenolic OH excluding ortho intramolecular Hbond substituents is 1. The summed E-state index contributed by atoms with van der Waals surface area (Å²) >= 11 is 0. The lowest BCUT2D eigenvalue weighted by Crippen LogP contribution is -2.25. The SMILES string of the molecule is CCOc1ccc(NCC(=O)N/N=C\c2cccc(O)c2)cc1. The van der Waals surface area contributed by atoms with Crippen LogP contribution in [0.4, 0.5) is 5.69 Å². The minimum Gasteiger partial charge on any atom is -0.508 e. The Morgan fingerprint density at radius 1 is 1.26 bits per heavy atom. The van der Waals surface area contributed by atoms with Crippen LogP contribution in [0.5, 0.6) is 11.5 Å². The van der Waals surface area contributed by atoms with Crippen molar-refractivity contribution in [2.75, 3.05) is 18.5 Å². The van der Waals surface area contributed by atoms with Crippen LogP contribution >= 0.6 is 0 Å². The molecule has 0 fully saturated rings. The van der Waals surface area contributed by atoms with Crippen LogP contribution < -0.4 is 15.5 Å². The molecule has 0 atom stereocenters. The number of nitrogens with one attached hydrogen (secondary N) is 2. The van der Waals surface area contributed by atoms with Gasteiger partial charge in [0, 0.05) is 5.69 Å². The molecule has 23 heavy (non-hydrogen) atoms. The Kier molecular flexibility index (Phi) is 5.99. The molecule has 2 aromatic rings. The smallest absolute Gasteiger partial charge is 0.259 e. The van der Waals surface area contributed by atoms with Gasteiger partial charge in [-0.3, -0.25) is 4.79 Å². The van der Waals surface area contributed by atoms with Gasteiger partial charge in [0.05, 0.1) is 19.4 Å². The van der Waals surface area contributed by atoms with Gasteiger partial charge in [0.15, 0.2) is 0 Å². The van der Waals surface area contributed by atoms with E-state index < -0.39 is 0 Å². The van der Waals surface area contributed by atoms with Crippen LogP contribution in [0.2, 0.25) is 0 Å². The van der Waals surface area contributed by atoms with Gasteiger partial charge < -0.3 is 15.2 Å². The Bertz CT molecular complexity index is 669. The molecule has 0 saturated carbocycles. The molecule has 0 aliphatic rings. The summed E-state index contributed by atoms with van der Waals surface area (Å²) in [5.41, 5.74) is 3.93. The molecule has 0 aliphatic carbocycles. The third kappa shape index (κ3) is 5.70. The minimum absolute atomic E-state index is 0.103. The van der Waals surface area contributed by atoms with Crippen molar-refractivity contribution in [1.82, 2.24) is 5.43 Å². The number of hydrazone groups is 1. The second kappa shape index (κ2) is 8.43. The van der Waals surface area contributed by atoms with Gasteiger partial charge in [-0.15, -0.1) is 0 Å².